The van der Waals surface area contributed by atoms with E-state index < -0.39 is 0 Å². The number of ether oxygens (including phenoxy) is 2. The highest BCUT2D eigenvalue weighted by Gasteiger charge is 2.20. The molecule has 0 radical (unpaired) electrons. The van der Waals surface area contributed by atoms with Crippen LogP contribution in [0.3, 0.4) is 0 Å². The SMILES string of the molecule is CCCNC(=O)c1ccc(N2CCN(Cc3ccc(-c4cncc(OCC)c4)cc3OC)CC2)nn1. The van der Waals surface area contributed by atoms with Crippen LogP contribution in [0.15, 0.2) is 48.8 Å². The highest BCUT2D eigenvalue weighted by molar-refractivity contribution is 5.92. The fourth-order valence-electron chi connectivity index (χ4n) is 4.20. The van der Waals surface area contributed by atoms with E-state index in [1.807, 2.05) is 32.2 Å². The Labute approximate surface area is 212 Å². The largest absolute Gasteiger partial charge is 0.496 e. The minimum Gasteiger partial charge on any atom is -0.496 e. The van der Waals surface area contributed by atoms with Gasteiger partial charge in [-0.15, -0.1) is 10.2 Å². The van der Waals surface area contributed by atoms with Gasteiger partial charge in [0.1, 0.15) is 11.5 Å². The molecule has 1 amide bonds. The Morgan fingerprint density at radius 1 is 1.00 bits per heavy atom. The number of piperazine rings is 1. The Morgan fingerprint density at radius 3 is 2.53 bits per heavy atom. The summed E-state index contributed by atoms with van der Waals surface area (Å²) >= 11 is 0. The molecular formula is C27H34N6O3. The summed E-state index contributed by atoms with van der Waals surface area (Å²) in [6.45, 7) is 9.49. The van der Waals surface area contributed by atoms with Gasteiger partial charge in [-0.25, -0.2) is 0 Å². The van der Waals surface area contributed by atoms with Gasteiger partial charge in [-0.05, 0) is 43.2 Å². The number of hydrogen-bond donors (Lipinski definition) is 1. The van der Waals surface area contributed by atoms with Gasteiger partial charge in [0, 0.05) is 56.6 Å². The van der Waals surface area contributed by atoms with Gasteiger partial charge >= 0.3 is 0 Å². The van der Waals surface area contributed by atoms with Crippen LogP contribution in [-0.2, 0) is 6.54 Å². The first kappa shape index (κ1) is 25.4. The second-order valence-electron chi connectivity index (χ2n) is 8.66. The van der Waals surface area contributed by atoms with Gasteiger partial charge in [0.15, 0.2) is 11.5 Å². The first-order chi connectivity index (χ1) is 17.6. The molecule has 0 bridgehead atoms. The maximum absolute atomic E-state index is 12.1. The van der Waals surface area contributed by atoms with Crippen molar-refractivity contribution in [3.8, 4) is 22.6 Å². The number of rotatable bonds is 10. The molecule has 4 rings (SSSR count). The first-order valence-electron chi connectivity index (χ1n) is 12.5. The summed E-state index contributed by atoms with van der Waals surface area (Å²) in [5.74, 6) is 2.24. The highest BCUT2D eigenvalue weighted by atomic mass is 16.5. The summed E-state index contributed by atoms with van der Waals surface area (Å²) in [7, 11) is 1.71. The third-order valence-corrected chi connectivity index (χ3v) is 6.15. The second kappa shape index (κ2) is 12.3. The van der Waals surface area contributed by atoms with Crippen molar-refractivity contribution >= 4 is 11.7 Å². The summed E-state index contributed by atoms with van der Waals surface area (Å²) in [6.07, 6.45) is 4.45. The zero-order valence-corrected chi connectivity index (χ0v) is 21.2. The van der Waals surface area contributed by atoms with Crippen molar-refractivity contribution in [2.45, 2.75) is 26.8 Å². The number of aromatic nitrogens is 3. The molecule has 0 saturated carbocycles. The Kier molecular flexibility index (Phi) is 8.67. The molecule has 0 atom stereocenters. The maximum atomic E-state index is 12.1. The highest BCUT2D eigenvalue weighted by Crippen LogP contribution is 2.30. The Balaban J connectivity index is 1.35. The average Bonchev–Trinajstić information content (AvgIpc) is 2.93. The van der Waals surface area contributed by atoms with Crippen molar-refractivity contribution < 1.29 is 14.3 Å². The fraction of sp³-hybridized carbons (Fsp3) is 0.407. The van der Waals surface area contributed by atoms with Crippen molar-refractivity contribution in [1.29, 1.82) is 0 Å². The van der Waals surface area contributed by atoms with Gasteiger partial charge in [0.2, 0.25) is 0 Å². The molecule has 1 fully saturated rings. The van der Waals surface area contributed by atoms with Crippen LogP contribution >= 0.6 is 0 Å². The van der Waals surface area contributed by atoms with Gasteiger partial charge in [-0.3, -0.25) is 14.7 Å². The third-order valence-electron chi connectivity index (χ3n) is 6.15. The van der Waals surface area contributed by atoms with Crippen LogP contribution in [0.2, 0.25) is 0 Å². The molecule has 1 N–H and O–H groups in total. The summed E-state index contributed by atoms with van der Waals surface area (Å²) < 4.78 is 11.3. The van der Waals surface area contributed by atoms with E-state index in [9.17, 15) is 4.79 Å². The van der Waals surface area contributed by atoms with Crippen molar-refractivity contribution in [2.75, 3.05) is 51.3 Å². The number of amides is 1. The molecule has 3 heterocycles. The minimum absolute atomic E-state index is 0.182. The standard InChI is InChI=1S/C27H34N6O3/c1-4-10-29-27(34)24-8-9-26(31-30-24)33-13-11-32(12-14-33)19-21-7-6-20(16-25(21)35-3)22-15-23(36-5-2)18-28-17-22/h6-9,15-18H,4-5,10-14,19H2,1-3H3,(H,29,34). The molecule has 1 aromatic carbocycles. The quantitative estimate of drug-likeness (QED) is 0.462. The number of anilines is 1. The summed E-state index contributed by atoms with van der Waals surface area (Å²) in [4.78, 5) is 21.0. The van der Waals surface area contributed by atoms with Crippen LogP contribution in [0, 0.1) is 0 Å². The molecule has 0 unspecified atom stereocenters. The number of benzene rings is 1. The van der Waals surface area contributed by atoms with Crippen molar-refractivity contribution in [3.05, 3.63) is 60.0 Å². The van der Waals surface area contributed by atoms with E-state index in [1.165, 1.54) is 0 Å². The third kappa shape index (κ3) is 6.28. The topological polar surface area (TPSA) is 92.7 Å². The lowest BCUT2D eigenvalue weighted by Crippen LogP contribution is -2.46. The average molecular weight is 491 g/mol. The molecule has 0 spiro atoms. The van der Waals surface area contributed by atoms with Crippen molar-refractivity contribution in [1.82, 2.24) is 25.4 Å². The van der Waals surface area contributed by atoms with Crippen molar-refractivity contribution in [2.24, 2.45) is 0 Å². The van der Waals surface area contributed by atoms with Gasteiger partial charge in [0.05, 0.1) is 19.9 Å². The van der Waals surface area contributed by atoms with Crippen molar-refractivity contribution in [3.63, 3.8) is 0 Å². The zero-order valence-electron chi connectivity index (χ0n) is 21.2. The predicted molar refractivity (Wildman–Crippen MR) is 140 cm³/mol. The lowest BCUT2D eigenvalue weighted by molar-refractivity contribution is 0.0947. The lowest BCUT2D eigenvalue weighted by Gasteiger charge is -2.35. The Bertz CT molecular complexity index is 1150. The predicted octanol–water partition coefficient (Wildman–Crippen LogP) is 3.41. The van der Waals surface area contributed by atoms with E-state index in [4.69, 9.17) is 9.47 Å². The summed E-state index contributed by atoms with van der Waals surface area (Å²) in [6, 6.07) is 11.9. The van der Waals surface area contributed by atoms with Crippen LogP contribution in [0.25, 0.3) is 11.1 Å². The van der Waals surface area contributed by atoms with E-state index >= 15 is 0 Å². The normalized spacial score (nSPS) is 13.9. The van der Waals surface area contributed by atoms with Gasteiger partial charge in [-0.1, -0.05) is 19.1 Å². The van der Waals surface area contributed by atoms with Crippen LogP contribution in [0.5, 0.6) is 11.5 Å². The Hall–Kier alpha value is -3.72. The van der Waals surface area contributed by atoms with E-state index in [0.717, 1.165) is 73.2 Å². The molecule has 1 aliphatic rings. The van der Waals surface area contributed by atoms with Crippen LogP contribution in [0.1, 0.15) is 36.3 Å². The number of hydrogen-bond acceptors (Lipinski definition) is 8. The molecular weight excluding hydrogens is 456 g/mol. The molecule has 3 aromatic rings. The van der Waals surface area contributed by atoms with E-state index in [1.54, 1.807) is 19.4 Å². The van der Waals surface area contributed by atoms with E-state index in [-0.39, 0.29) is 5.91 Å². The van der Waals surface area contributed by atoms with Gasteiger partial charge in [-0.2, -0.15) is 0 Å². The number of carbonyl (C=O) groups excluding carboxylic acids is 1. The summed E-state index contributed by atoms with van der Waals surface area (Å²) in [5, 5.41) is 11.2. The maximum Gasteiger partial charge on any atom is 0.271 e. The number of carbonyl (C=O) groups is 1. The van der Waals surface area contributed by atoms with Gasteiger partial charge in [0.25, 0.3) is 5.91 Å². The van der Waals surface area contributed by atoms with Crippen LogP contribution in [-0.4, -0.2) is 72.4 Å². The monoisotopic (exact) mass is 490 g/mol. The Morgan fingerprint density at radius 2 is 1.83 bits per heavy atom. The molecule has 0 aliphatic carbocycles. The van der Waals surface area contributed by atoms with E-state index in [0.29, 0.717) is 18.8 Å². The molecule has 2 aromatic heterocycles. The molecule has 9 nitrogen and oxygen atoms in total. The van der Waals surface area contributed by atoms with Crippen LogP contribution in [0.4, 0.5) is 5.82 Å². The first-order valence-corrected chi connectivity index (χ1v) is 12.5. The molecule has 36 heavy (non-hydrogen) atoms. The number of pyridine rings is 1. The summed E-state index contributed by atoms with van der Waals surface area (Å²) in [5.41, 5.74) is 3.53. The number of methoxy groups -OCH3 is 1. The van der Waals surface area contributed by atoms with Crippen LogP contribution < -0.4 is 19.7 Å². The number of nitrogens with one attached hydrogen (secondary N) is 1. The smallest absolute Gasteiger partial charge is 0.271 e. The number of nitrogens with zero attached hydrogens (tertiary/aromatic N) is 5. The molecule has 190 valence electrons. The molecule has 9 heteroatoms. The fourth-order valence-corrected chi connectivity index (χ4v) is 4.20. The molecule has 1 saturated heterocycles. The second-order valence-corrected chi connectivity index (χ2v) is 8.66. The van der Waals surface area contributed by atoms with Gasteiger partial charge < -0.3 is 19.7 Å². The lowest BCUT2D eigenvalue weighted by atomic mass is 10.0. The van der Waals surface area contributed by atoms with E-state index in [2.05, 4.69) is 48.5 Å². The molecule has 1 aliphatic heterocycles. The zero-order chi connectivity index (χ0) is 25.3. The minimum atomic E-state index is -0.182.